The summed E-state index contributed by atoms with van der Waals surface area (Å²) in [5.41, 5.74) is 6.52. The minimum absolute atomic E-state index is 0.0677. The summed E-state index contributed by atoms with van der Waals surface area (Å²) >= 11 is 0. The molecule has 1 N–H and O–H groups in total. The smallest absolute Gasteiger partial charge is 0.508 e. The number of nitrogens with zero attached hydrogens (tertiary/aromatic N) is 1. The molecule has 2 nitrogen and oxygen atoms in total. The maximum atomic E-state index is 9.75. The van der Waals surface area contributed by atoms with Gasteiger partial charge in [0.2, 0.25) is 5.69 Å². The molecule has 0 fully saturated rings. The van der Waals surface area contributed by atoms with Crippen molar-refractivity contribution in [1.82, 2.24) is 0 Å². The predicted molar refractivity (Wildman–Crippen MR) is 97.9 cm³/mol. The largest absolute Gasteiger partial charge is 0.673 e. The van der Waals surface area contributed by atoms with E-state index in [-0.39, 0.29) is 5.41 Å². The summed E-state index contributed by atoms with van der Waals surface area (Å²) in [6, 6.07) is 14.1. The van der Waals surface area contributed by atoms with E-state index in [9.17, 15) is 22.4 Å². The molecule has 2 aromatic rings. The van der Waals surface area contributed by atoms with E-state index < -0.39 is 7.25 Å². The fraction of sp³-hybridized carbons (Fsp3) is 0.316. The topological polar surface area (TPSA) is 23.2 Å². The number of halogens is 4. The van der Waals surface area contributed by atoms with Gasteiger partial charge in [0.05, 0.1) is 5.41 Å². The normalized spacial score (nSPS) is 15.4. The third-order valence-electron chi connectivity index (χ3n) is 4.79. The van der Waals surface area contributed by atoms with Gasteiger partial charge in [-0.15, -0.1) is 0 Å². The number of phenols is 1. The van der Waals surface area contributed by atoms with Gasteiger partial charge in [0.25, 0.3) is 0 Å². The zero-order valence-electron chi connectivity index (χ0n) is 15.2. The van der Waals surface area contributed by atoms with Gasteiger partial charge in [-0.2, -0.15) is 4.58 Å². The van der Waals surface area contributed by atoms with Gasteiger partial charge in [-0.3, -0.25) is 0 Å². The van der Waals surface area contributed by atoms with Gasteiger partial charge in [-0.1, -0.05) is 12.1 Å². The third kappa shape index (κ3) is 4.26. The van der Waals surface area contributed by atoms with E-state index in [1.807, 2.05) is 12.1 Å². The number of hydrogen-bond donors (Lipinski definition) is 1. The average Bonchev–Trinajstić information content (AvgIpc) is 2.73. The number of phenolic OH excluding ortho intramolecular Hbond substituents is 1. The molecule has 7 heteroatoms. The van der Waals surface area contributed by atoms with Crippen molar-refractivity contribution >= 4 is 18.7 Å². The van der Waals surface area contributed by atoms with Crippen molar-refractivity contribution in [3.05, 3.63) is 48.0 Å². The Hall–Kier alpha value is -2.31. The second-order valence-electron chi connectivity index (χ2n) is 6.73. The van der Waals surface area contributed by atoms with Crippen LogP contribution in [-0.2, 0) is 5.41 Å². The number of benzene rings is 2. The summed E-state index contributed by atoms with van der Waals surface area (Å²) in [5.74, 6) is 0.307. The van der Waals surface area contributed by atoms with E-state index in [4.69, 9.17) is 0 Å². The van der Waals surface area contributed by atoms with E-state index in [0.29, 0.717) is 5.75 Å². The van der Waals surface area contributed by atoms with Crippen LogP contribution in [0.1, 0.15) is 33.3 Å². The Kier molecular flexibility index (Phi) is 5.49. The van der Waals surface area contributed by atoms with Crippen molar-refractivity contribution in [2.24, 2.45) is 0 Å². The average molecular weight is 367 g/mol. The predicted octanol–water partition coefficient (Wildman–Crippen LogP) is 5.78. The molecule has 0 atom stereocenters. The summed E-state index contributed by atoms with van der Waals surface area (Å²) in [5, 5.41) is 9.43. The Balaban J connectivity index is 0.000000431. The fourth-order valence-electron chi connectivity index (χ4n) is 3.23. The molecule has 3 rings (SSSR count). The molecule has 1 aliphatic rings. The number of fused-ring (bicyclic) bond motifs is 1. The van der Waals surface area contributed by atoms with Crippen LogP contribution in [0.3, 0.4) is 0 Å². The van der Waals surface area contributed by atoms with Crippen molar-refractivity contribution < 1.29 is 26.9 Å². The molecule has 0 bridgehead atoms. The number of rotatable bonds is 2. The van der Waals surface area contributed by atoms with Gasteiger partial charge in [0.1, 0.15) is 12.3 Å². The molecule has 0 saturated carbocycles. The first kappa shape index (κ1) is 20.0. The van der Waals surface area contributed by atoms with E-state index >= 15 is 0 Å². The summed E-state index contributed by atoms with van der Waals surface area (Å²) < 4.78 is 41.4. The second kappa shape index (κ2) is 7.13. The van der Waals surface area contributed by atoms with Crippen molar-refractivity contribution in [3.8, 4) is 16.9 Å². The molecule has 1 heterocycles. The van der Waals surface area contributed by atoms with Gasteiger partial charge in [0.15, 0.2) is 5.71 Å². The molecule has 0 aliphatic carbocycles. The SMILES string of the molecule is CC[N+]1=C(C)C(C)(C)c2cc(-c3ccc(O)cc3)ccc21.F[B-](F)(F)F. The highest BCUT2D eigenvalue weighted by Gasteiger charge is 2.42. The van der Waals surface area contributed by atoms with E-state index in [0.717, 1.165) is 12.1 Å². The van der Waals surface area contributed by atoms with Gasteiger partial charge in [-0.05, 0) is 56.2 Å². The van der Waals surface area contributed by atoms with E-state index in [1.165, 1.54) is 22.5 Å². The molecule has 140 valence electrons. The van der Waals surface area contributed by atoms with Crippen LogP contribution in [0.25, 0.3) is 11.1 Å². The number of aromatic hydroxyl groups is 1. The lowest BCUT2D eigenvalue weighted by molar-refractivity contribution is -0.434. The van der Waals surface area contributed by atoms with Crippen LogP contribution in [0.15, 0.2) is 42.5 Å². The van der Waals surface area contributed by atoms with Crippen molar-refractivity contribution in [1.29, 1.82) is 0 Å². The highest BCUT2D eigenvalue weighted by molar-refractivity contribution is 6.50. The zero-order chi connectivity index (χ0) is 19.7. The summed E-state index contributed by atoms with van der Waals surface area (Å²) in [6.45, 7) is 10.0. The minimum Gasteiger partial charge on any atom is -0.508 e. The van der Waals surface area contributed by atoms with Crippen molar-refractivity contribution in [2.75, 3.05) is 6.54 Å². The first-order chi connectivity index (χ1) is 11.9. The first-order valence-electron chi connectivity index (χ1n) is 8.38. The Labute approximate surface area is 150 Å². The maximum absolute atomic E-state index is 9.75. The highest BCUT2D eigenvalue weighted by Crippen LogP contribution is 2.41. The summed E-state index contributed by atoms with van der Waals surface area (Å²) in [4.78, 5) is 0. The summed E-state index contributed by atoms with van der Waals surface area (Å²) in [7, 11) is -6.00. The number of hydrogen-bond acceptors (Lipinski definition) is 1. The molecular weight excluding hydrogens is 345 g/mol. The van der Waals surface area contributed by atoms with Crippen LogP contribution >= 0.6 is 0 Å². The van der Waals surface area contributed by atoms with Crippen LogP contribution < -0.4 is 0 Å². The van der Waals surface area contributed by atoms with Crippen molar-refractivity contribution in [2.45, 2.75) is 33.1 Å². The monoisotopic (exact) mass is 367 g/mol. The molecule has 1 aliphatic heterocycles. The Morgan fingerprint density at radius 2 is 1.46 bits per heavy atom. The van der Waals surface area contributed by atoms with Crippen LogP contribution in [0.2, 0.25) is 0 Å². The standard InChI is InChI=1S/C19H21NO.BF4/c1-5-20-13(2)19(3,4)17-12-15(8-11-18(17)20)14-6-9-16(21)10-7-14;2-1(3,4)5/h6-12H,5H2,1-4H3;/q;-1/p+1. The lowest BCUT2D eigenvalue weighted by Crippen LogP contribution is -2.26. The lowest BCUT2D eigenvalue weighted by Gasteiger charge is -2.16. The fourth-order valence-corrected chi connectivity index (χ4v) is 3.23. The van der Waals surface area contributed by atoms with Crippen LogP contribution in [0.4, 0.5) is 23.0 Å². The van der Waals surface area contributed by atoms with Gasteiger partial charge < -0.3 is 22.4 Å². The van der Waals surface area contributed by atoms with Crippen LogP contribution in [0, 0.1) is 0 Å². The third-order valence-corrected chi connectivity index (χ3v) is 4.79. The maximum Gasteiger partial charge on any atom is 0.673 e. The van der Waals surface area contributed by atoms with Gasteiger partial charge in [0, 0.05) is 18.6 Å². The Morgan fingerprint density at radius 3 is 1.96 bits per heavy atom. The molecule has 0 amide bonds. The van der Waals surface area contributed by atoms with Crippen LogP contribution in [0.5, 0.6) is 5.75 Å². The summed E-state index contributed by atoms with van der Waals surface area (Å²) in [6.07, 6.45) is 0. The van der Waals surface area contributed by atoms with E-state index in [2.05, 4.69) is 50.5 Å². The Morgan fingerprint density at radius 1 is 0.962 bits per heavy atom. The molecule has 26 heavy (non-hydrogen) atoms. The molecule has 0 spiro atoms. The molecular formula is C19H22BF4NO. The molecule has 0 unspecified atom stereocenters. The quantitative estimate of drug-likeness (QED) is 0.406. The van der Waals surface area contributed by atoms with Crippen LogP contribution in [-0.4, -0.2) is 29.2 Å². The zero-order valence-corrected chi connectivity index (χ0v) is 15.2. The molecule has 0 radical (unpaired) electrons. The first-order valence-corrected chi connectivity index (χ1v) is 8.38. The van der Waals surface area contributed by atoms with Gasteiger partial charge >= 0.3 is 7.25 Å². The van der Waals surface area contributed by atoms with E-state index in [1.54, 1.807) is 12.1 Å². The second-order valence-corrected chi connectivity index (χ2v) is 6.73. The van der Waals surface area contributed by atoms with Crippen molar-refractivity contribution in [3.63, 3.8) is 0 Å². The molecule has 0 aromatic heterocycles. The highest BCUT2D eigenvalue weighted by atomic mass is 19.5. The minimum atomic E-state index is -6.00. The molecule has 2 aromatic carbocycles. The Bertz CT molecular complexity index is 820. The lowest BCUT2D eigenvalue weighted by atomic mass is 9.81. The van der Waals surface area contributed by atoms with Gasteiger partial charge in [-0.25, -0.2) is 0 Å². The molecule has 0 saturated heterocycles.